The number of benzene rings is 2. The molecule has 2 aromatic carbocycles. The summed E-state index contributed by atoms with van der Waals surface area (Å²) in [6.07, 6.45) is 1.54. The van der Waals surface area contributed by atoms with Gasteiger partial charge in [0.1, 0.15) is 0 Å². The molecule has 104 valence electrons. The lowest BCUT2D eigenvalue weighted by Gasteiger charge is -2.02. The van der Waals surface area contributed by atoms with Crippen LogP contribution < -0.4 is 0 Å². The first-order chi connectivity index (χ1) is 10.0. The lowest BCUT2D eigenvalue weighted by Crippen LogP contribution is -1.89. The fourth-order valence-corrected chi connectivity index (χ4v) is 2.18. The van der Waals surface area contributed by atoms with Gasteiger partial charge in [0.05, 0.1) is 16.6 Å². The standard InChI is InChI=1S/C15H9BrN2O3/c16-13-3-1-2-11(8-13)12(9-17)6-10-4-5-15(19)14(7-10)18(20)21/h1-8,19H/b12-6-. The van der Waals surface area contributed by atoms with Crippen molar-refractivity contribution >= 4 is 33.3 Å². The highest BCUT2D eigenvalue weighted by atomic mass is 79.9. The zero-order valence-electron chi connectivity index (χ0n) is 10.7. The summed E-state index contributed by atoms with van der Waals surface area (Å²) in [6.45, 7) is 0. The van der Waals surface area contributed by atoms with Crippen molar-refractivity contribution in [1.29, 1.82) is 5.26 Å². The van der Waals surface area contributed by atoms with Crippen LogP contribution >= 0.6 is 15.9 Å². The maximum atomic E-state index is 10.8. The number of nitriles is 1. The molecule has 5 nitrogen and oxygen atoms in total. The number of halogens is 1. The molecular formula is C15H9BrN2O3. The molecule has 0 aromatic heterocycles. The van der Waals surface area contributed by atoms with Crippen molar-refractivity contribution in [1.82, 2.24) is 0 Å². The third-order valence-electron chi connectivity index (χ3n) is 2.76. The third kappa shape index (κ3) is 3.46. The summed E-state index contributed by atoms with van der Waals surface area (Å²) in [5.41, 5.74) is 1.14. The fourth-order valence-electron chi connectivity index (χ4n) is 1.78. The van der Waals surface area contributed by atoms with E-state index in [0.717, 1.165) is 4.47 Å². The molecule has 0 saturated carbocycles. The van der Waals surface area contributed by atoms with Crippen LogP contribution in [0.5, 0.6) is 5.75 Å². The van der Waals surface area contributed by atoms with Crippen molar-refractivity contribution in [2.45, 2.75) is 0 Å². The van der Waals surface area contributed by atoms with Crippen molar-refractivity contribution in [3.8, 4) is 11.8 Å². The number of phenolic OH excluding ortho intramolecular Hbond substituents is 1. The SMILES string of the molecule is N#C/C(=C/c1ccc(O)c([N+](=O)[O-])c1)c1cccc(Br)c1. The van der Waals surface area contributed by atoms with Gasteiger partial charge in [-0.15, -0.1) is 0 Å². The number of hydrogen-bond acceptors (Lipinski definition) is 4. The normalized spacial score (nSPS) is 11.0. The first-order valence-corrected chi connectivity index (χ1v) is 6.65. The van der Waals surface area contributed by atoms with E-state index < -0.39 is 16.4 Å². The summed E-state index contributed by atoms with van der Waals surface area (Å²) in [7, 11) is 0. The summed E-state index contributed by atoms with van der Waals surface area (Å²) in [6, 6.07) is 13.2. The summed E-state index contributed by atoms with van der Waals surface area (Å²) in [5.74, 6) is -0.405. The highest BCUT2D eigenvalue weighted by molar-refractivity contribution is 9.10. The Morgan fingerprint density at radius 3 is 2.71 bits per heavy atom. The first-order valence-electron chi connectivity index (χ1n) is 5.86. The minimum atomic E-state index is -0.669. The summed E-state index contributed by atoms with van der Waals surface area (Å²) in [4.78, 5) is 10.1. The molecule has 1 N–H and O–H groups in total. The van der Waals surface area contributed by atoms with E-state index in [1.54, 1.807) is 18.2 Å². The van der Waals surface area contributed by atoms with Crippen LogP contribution in [0.2, 0.25) is 0 Å². The molecule has 0 radical (unpaired) electrons. The number of nitro groups is 1. The molecule has 0 aliphatic rings. The molecule has 0 amide bonds. The van der Waals surface area contributed by atoms with E-state index in [9.17, 15) is 20.5 Å². The van der Waals surface area contributed by atoms with E-state index in [-0.39, 0.29) is 0 Å². The third-order valence-corrected chi connectivity index (χ3v) is 3.26. The lowest BCUT2D eigenvalue weighted by molar-refractivity contribution is -0.385. The van der Waals surface area contributed by atoms with E-state index in [4.69, 9.17) is 0 Å². The molecular weight excluding hydrogens is 336 g/mol. The van der Waals surface area contributed by atoms with Crippen LogP contribution in [0, 0.1) is 21.4 Å². The van der Waals surface area contributed by atoms with Gasteiger partial charge in [-0.2, -0.15) is 5.26 Å². The number of aromatic hydroxyl groups is 1. The van der Waals surface area contributed by atoms with Crippen LogP contribution in [0.1, 0.15) is 11.1 Å². The van der Waals surface area contributed by atoms with Gasteiger partial charge in [0.15, 0.2) is 5.75 Å². The Morgan fingerprint density at radius 1 is 1.33 bits per heavy atom. The number of rotatable bonds is 3. The smallest absolute Gasteiger partial charge is 0.311 e. The van der Waals surface area contributed by atoms with Crippen LogP contribution in [0.4, 0.5) is 5.69 Å². The summed E-state index contributed by atoms with van der Waals surface area (Å²) >= 11 is 3.33. The monoisotopic (exact) mass is 344 g/mol. The second-order valence-corrected chi connectivity index (χ2v) is 5.10. The van der Waals surface area contributed by atoms with Gasteiger partial charge in [-0.1, -0.05) is 34.1 Å². The van der Waals surface area contributed by atoms with Gasteiger partial charge < -0.3 is 5.11 Å². The molecule has 0 spiro atoms. The molecule has 2 rings (SSSR count). The molecule has 0 unspecified atom stereocenters. The quantitative estimate of drug-likeness (QED) is 0.392. The zero-order valence-corrected chi connectivity index (χ0v) is 12.2. The molecule has 2 aromatic rings. The number of nitrogens with zero attached hydrogens (tertiary/aromatic N) is 2. The molecule has 6 heteroatoms. The minimum Gasteiger partial charge on any atom is -0.502 e. The highest BCUT2D eigenvalue weighted by Gasteiger charge is 2.13. The molecule has 0 aliphatic carbocycles. The summed E-state index contributed by atoms with van der Waals surface area (Å²) in [5, 5.41) is 29.5. The number of allylic oxidation sites excluding steroid dienone is 1. The van der Waals surface area contributed by atoms with E-state index in [1.165, 1.54) is 24.3 Å². The molecule has 0 fully saturated rings. The predicted octanol–water partition coefficient (Wildman–Crippen LogP) is 4.13. The van der Waals surface area contributed by atoms with Crippen molar-refractivity contribution < 1.29 is 10.0 Å². The molecule has 21 heavy (non-hydrogen) atoms. The average molecular weight is 345 g/mol. The Morgan fingerprint density at radius 2 is 2.10 bits per heavy atom. The largest absolute Gasteiger partial charge is 0.502 e. The number of phenols is 1. The van der Waals surface area contributed by atoms with Crippen molar-refractivity contribution in [2.24, 2.45) is 0 Å². The van der Waals surface area contributed by atoms with E-state index in [1.807, 2.05) is 6.07 Å². The molecule has 0 saturated heterocycles. The second-order valence-electron chi connectivity index (χ2n) is 4.19. The second kappa shape index (κ2) is 6.20. The first kappa shape index (κ1) is 14.8. The van der Waals surface area contributed by atoms with Gasteiger partial charge in [-0.3, -0.25) is 10.1 Å². The van der Waals surface area contributed by atoms with E-state index in [2.05, 4.69) is 22.0 Å². The fraction of sp³-hybridized carbons (Fsp3) is 0. The van der Waals surface area contributed by atoms with Crippen LogP contribution in [0.15, 0.2) is 46.9 Å². The Hall–Kier alpha value is -2.65. The van der Waals surface area contributed by atoms with Gasteiger partial charge in [-0.25, -0.2) is 0 Å². The van der Waals surface area contributed by atoms with Gasteiger partial charge in [0.2, 0.25) is 0 Å². The molecule has 0 atom stereocenters. The Balaban J connectivity index is 2.48. The van der Waals surface area contributed by atoms with Gasteiger partial charge in [-0.05, 0) is 35.4 Å². The Bertz CT molecular complexity index is 779. The summed E-state index contributed by atoms with van der Waals surface area (Å²) < 4.78 is 0.831. The maximum absolute atomic E-state index is 10.8. The molecule has 0 bridgehead atoms. The topological polar surface area (TPSA) is 87.2 Å². The zero-order chi connectivity index (χ0) is 15.4. The van der Waals surface area contributed by atoms with Crippen LogP contribution in [0.3, 0.4) is 0 Å². The Kier molecular flexibility index (Phi) is 4.36. The number of nitro benzene ring substituents is 1. The van der Waals surface area contributed by atoms with Gasteiger partial charge in [0.25, 0.3) is 0 Å². The Labute approximate surface area is 129 Å². The van der Waals surface area contributed by atoms with Gasteiger partial charge >= 0.3 is 5.69 Å². The predicted molar refractivity (Wildman–Crippen MR) is 82.4 cm³/mol. The van der Waals surface area contributed by atoms with E-state index in [0.29, 0.717) is 16.7 Å². The van der Waals surface area contributed by atoms with Crippen molar-refractivity contribution in [2.75, 3.05) is 0 Å². The van der Waals surface area contributed by atoms with Crippen molar-refractivity contribution in [3.05, 3.63) is 68.2 Å². The van der Waals surface area contributed by atoms with Crippen molar-refractivity contribution in [3.63, 3.8) is 0 Å². The number of hydrogen-bond donors (Lipinski definition) is 1. The maximum Gasteiger partial charge on any atom is 0.311 e. The lowest BCUT2D eigenvalue weighted by atomic mass is 10.0. The van der Waals surface area contributed by atoms with Crippen LogP contribution in [-0.4, -0.2) is 10.0 Å². The van der Waals surface area contributed by atoms with Gasteiger partial charge in [0, 0.05) is 10.5 Å². The molecule has 0 heterocycles. The minimum absolute atomic E-state index is 0.372. The highest BCUT2D eigenvalue weighted by Crippen LogP contribution is 2.28. The molecule has 0 aliphatic heterocycles. The van der Waals surface area contributed by atoms with Crippen LogP contribution in [-0.2, 0) is 0 Å². The average Bonchev–Trinajstić information content (AvgIpc) is 2.46. The van der Waals surface area contributed by atoms with E-state index >= 15 is 0 Å². The van der Waals surface area contributed by atoms with Crippen LogP contribution in [0.25, 0.3) is 11.6 Å².